The van der Waals surface area contributed by atoms with E-state index in [1.54, 1.807) is 24.5 Å². The van der Waals surface area contributed by atoms with E-state index >= 15 is 0 Å². The Bertz CT molecular complexity index is 712. The number of aromatic nitrogens is 1. The lowest BCUT2D eigenvalue weighted by Crippen LogP contribution is -1.98. The van der Waals surface area contributed by atoms with E-state index in [0.29, 0.717) is 5.69 Å². The first-order valence-corrected chi connectivity index (χ1v) is 6.65. The maximum absolute atomic E-state index is 11.0. The highest BCUT2D eigenvalue weighted by molar-refractivity contribution is 7.85. The lowest BCUT2D eigenvalue weighted by molar-refractivity contribution is 0.472. The molecule has 2 aromatic rings. The fraction of sp³-hybridized carbons (Fsp3) is 0. The number of nitrogens with zero attached hydrogens (tertiary/aromatic N) is 2. The Labute approximate surface area is 109 Å². The van der Waals surface area contributed by atoms with Crippen LogP contribution < -0.4 is 0 Å². The fourth-order valence-corrected chi connectivity index (χ4v) is 1.89. The third-order valence-electron chi connectivity index (χ3n) is 2.31. The molecule has 0 aliphatic heterocycles. The molecule has 1 aromatic carbocycles. The molecule has 19 heavy (non-hydrogen) atoms. The predicted octanol–water partition coefficient (Wildman–Crippen LogP) is 1.78. The number of phenols is 1. The number of phenolic OH excluding ortho intramolecular Hbond substituents is 1. The molecule has 0 radical (unpaired) electrons. The summed E-state index contributed by atoms with van der Waals surface area (Å²) < 4.78 is 30.9. The van der Waals surface area contributed by atoms with E-state index in [9.17, 15) is 13.5 Å². The molecule has 2 N–H and O–H groups in total. The fourth-order valence-electron chi connectivity index (χ4n) is 1.37. The molecule has 98 valence electrons. The van der Waals surface area contributed by atoms with Crippen molar-refractivity contribution in [3.63, 3.8) is 0 Å². The maximum Gasteiger partial charge on any atom is 0.294 e. The smallest absolute Gasteiger partial charge is 0.294 e. The number of pyridine rings is 1. The molecule has 1 aromatic heterocycles. The van der Waals surface area contributed by atoms with Crippen molar-refractivity contribution in [1.29, 1.82) is 0 Å². The van der Waals surface area contributed by atoms with E-state index in [-0.39, 0.29) is 16.2 Å². The van der Waals surface area contributed by atoms with Gasteiger partial charge in [-0.1, -0.05) is 0 Å². The Morgan fingerprint density at radius 3 is 2.47 bits per heavy atom. The summed E-state index contributed by atoms with van der Waals surface area (Å²) in [6.45, 7) is 0. The van der Waals surface area contributed by atoms with Crippen LogP contribution in [0.15, 0.2) is 52.6 Å². The molecule has 7 heteroatoms. The predicted molar refractivity (Wildman–Crippen MR) is 69.4 cm³/mol. The second-order valence-corrected chi connectivity index (χ2v) is 5.08. The Morgan fingerprint density at radius 1 is 1.16 bits per heavy atom. The third-order valence-corrected chi connectivity index (χ3v) is 3.16. The van der Waals surface area contributed by atoms with Gasteiger partial charge in [-0.25, -0.2) is 0 Å². The van der Waals surface area contributed by atoms with E-state index in [2.05, 4.69) is 9.98 Å². The van der Waals surface area contributed by atoms with E-state index in [1.165, 1.54) is 12.3 Å². The van der Waals surface area contributed by atoms with Gasteiger partial charge >= 0.3 is 0 Å². The molecule has 0 bridgehead atoms. The summed E-state index contributed by atoms with van der Waals surface area (Å²) in [6, 6.07) is 6.72. The van der Waals surface area contributed by atoms with Gasteiger partial charge in [-0.2, -0.15) is 8.42 Å². The topological polar surface area (TPSA) is 99.9 Å². The minimum atomic E-state index is -4.31. The van der Waals surface area contributed by atoms with Gasteiger partial charge < -0.3 is 5.11 Å². The average Bonchev–Trinajstić information content (AvgIpc) is 2.37. The van der Waals surface area contributed by atoms with Crippen LogP contribution >= 0.6 is 0 Å². The zero-order valence-electron chi connectivity index (χ0n) is 9.63. The van der Waals surface area contributed by atoms with Gasteiger partial charge in [0, 0.05) is 24.2 Å². The Balaban J connectivity index is 2.38. The average molecular weight is 278 g/mol. The molecular weight excluding hydrogens is 268 g/mol. The Kier molecular flexibility index (Phi) is 3.59. The quantitative estimate of drug-likeness (QED) is 0.658. The minimum Gasteiger partial charge on any atom is -0.507 e. The molecule has 0 unspecified atom stereocenters. The van der Waals surface area contributed by atoms with Crippen molar-refractivity contribution in [3.8, 4) is 5.75 Å². The zero-order chi connectivity index (χ0) is 13.9. The molecular formula is C12H10N2O4S. The summed E-state index contributed by atoms with van der Waals surface area (Å²) in [5.74, 6) is -0.134. The molecule has 2 rings (SSSR count). The van der Waals surface area contributed by atoms with Gasteiger partial charge in [0.1, 0.15) is 5.75 Å². The normalized spacial score (nSPS) is 11.8. The SMILES string of the molecule is O=S(=O)(O)c1ccc(O)c(C=Nc2ccncc2)c1. The van der Waals surface area contributed by atoms with E-state index in [0.717, 1.165) is 12.1 Å². The van der Waals surface area contributed by atoms with Crippen LogP contribution in [-0.2, 0) is 10.1 Å². The maximum atomic E-state index is 11.0. The number of hydrogen-bond donors (Lipinski definition) is 2. The lowest BCUT2D eigenvalue weighted by Gasteiger charge is -2.01. The number of rotatable bonds is 3. The standard InChI is InChI=1S/C12H10N2O4S/c15-12-2-1-11(19(16,17)18)7-9(12)8-14-10-3-5-13-6-4-10/h1-8,15H,(H,16,17,18). The second kappa shape index (κ2) is 5.17. The van der Waals surface area contributed by atoms with E-state index in [4.69, 9.17) is 4.55 Å². The Morgan fingerprint density at radius 2 is 1.84 bits per heavy atom. The first kappa shape index (κ1) is 13.2. The van der Waals surface area contributed by atoms with E-state index in [1.807, 2.05) is 0 Å². The summed E-state index contributed by atoms with van der Waals surface area (Å²) in [6.07, 6.45) is 4.42. The van der Waals surface area contributed by atoms with Gasteiger partial charge in [0.15, 0.2) is 0 Å². The molecule has 0 saturated heterocycles. The van der Waals surface area contributed by atoms with Crippen molar-refractivity contribution in [1.82, 2.24) is 4.98 Å². The first-order valence-electron chi connectivity index (χ1n) is 5.21. The van der Waals surface area contributed by atoms with Crippen LogP contribution in [0.1, 0.15) is 5.56 Å². The highest BCUT2D eigenvalue weighted by atomic mass is 32.2. The highest BCUT2D eigenvalue weighted by Gasteiger charge is 2.11. The van der Waals surface area contributed by atoms with Crippen molar-refractivity contribution in [2.24, 2.45) is 4.99 Å². The molecule has 6 nitrogen and oxygen atoms in total. The van der Waals surface area contributed by atoms with Crippen molar-refractivity contribution >= 4 is 22.0 Å². The highest BCUT2D eigenvalue weighted by Crippen LogP contribution is 2.20. The van der Waals surface area contributed by atoms with Crippen molar-refractivity contribution < 1.29 is 18.1 Å². The van der Waals surface area contributed by atoms with Gasteiger partial charge in [-0.05, 0) is 30.3 Å². The number of hydrogen-bond acceptors (Lipinski definition) is 5. The summed E-state index contributed by atoms with van der Waals surface area (Å²) >= 11 is 0. The van der Waals surface area contributed by atoms with E-state index < -0.39 is 10.1 Å². The number of aromatic hydroxyl groups is 1. The molecule has 0 spiro atoms. The van der Waals surface area contributed by atoms with Gasteiger partial charge in [0.05, 0.1) is 10.6 Å². The zero-order valence-corrected chi connectivity index (χ0v) is 10.4. The van der Waals surface area contributed by atoms with Crippen LogP contribution in [0.3, 0.4) is 0 Å². The van der Waals surface area contributed by atoms with Crippen LogP contribution in [0, 0.1) is 0 Å². The molecule has 0 atom stereocenters. The summed E-state index contributed by atoms with van der Waals surface area (Å²) in [7, 11) is -4.31. The van der Waals surface area contributed by atoms with Crippen molar-refractivity contribution in [2.45, 2.75) is 4.90 Å². The summed E-state index contributed by atoms with van der Waals surface area (Å²) in [4.78, 5) is 7.58. The second-order valence-electron chi connectivity index (χ2n) is 3.66. The van der Waals surface area contributed by atoms with Gasteiger partial charge in [-0.15, -0.1) is 0 Å². The van der Waals surface area contributed by atoms with Crippen LogP contribution in [0.2, 0.25) is 0 Å². The van der Waals surface area contributed by atoms with Crippen LogP contribution in [-0.4, -0.2) is 29.3 Å². The largest absolute Gasteiger partial charge is 0.507 e. The van der Waals surface area contributed by atoms with Crippen molar-refractivity contribution in [3.05, 3.63) is 48.3 Å². The molecule has 0 fully saturated rings. The van der Waals surface area contributed by atoms with Crippen molar-refractivity contribution in [2.75, 3.05) is 0 Å². The van der Waals surface area contributed by atoms with Crippen LogP contribution in [0.4, 0.5) is 5.69 Å². The molecule has 0 aliphatic rings. The Hall–Kier alpha value is -2.25. The van der Waals surface area contributed by atoms with Crippen LogP contribution in [0.25, 0.3) is 0 Å². The summed E-state index contributed by atoms with van der Waals surface area (Å²) in [5.41, 5.74) is 0.790. The van der Waals surface area contributed by atoms with Gasteiger partial charge in [-0.3, -0.25) is 14.5 Å². The van der Waals surface area contributed by atoms with Crippen LogP contribution in [0.5, 0.6) is 5.75 Å². The lowest BCUT2D eigenvalue weighted by atomic mass is 10.2. The molecule has 0 saturated carbocycles. The molecule has 0 aliphatic carbocycles. The van der Waals surface area contributed by atoms with Gasteiger partial charge in [0.2, 0.25) is 0 Å². The third kappa shape index (κ3) is 3.36. The number of aliphatic imine (C=N–C) groups is 1. The van der Waals surface area contributed by atoms with Gasteiger partial charge in [0.25, 0.3) is 10.1 Å². The summed E-state index contributed by atoms with van der Waals surface area (Å²) in [5, 5.41) is 9.60. The first-order chi connectivity index (χ1) is 8.97. The molecule has 0 amide bonds. The molecule has 1 heterocycles. The number of benzene rings is 1. The minimum absolute atomic E-state index is 0.134. The monoisotopic (exact) mass is 278 g/mol.